The van der Waals surface area contributed by atoms with Gasteiger partial charge in [0.25, 0.3) is 0 Å². The molecule has 0 spiro atoms. The van der Waals surface area contributed by atoms with Gasteiger partial charge in [0.2, 0.25) is 0 Å². The number of hydrogen-bond donors (Lipinski definition) is 0. The highest BCUT2D eigenvalue weighted by atomic mass is 14.6. The maximum absolute atomic E-state index is 4.08. The van der Waals surface area contributed by atoms with E-state index in [1.807, 2.05) is 24.5 Å². The topological polar surface area (TPSA) is 12.9 Å². The van der Waals surface area contributed by atoms with Crippen LogP contribution in [-0.2, 0) is 0 Å². The van der Waals surface area contributed by atoms with Crippen LogP contribution in [0.4, 0.5) is 0 Å². The van der Waals surface area contributed by atoms with E-state index in [-0.39, 0.29) is 0 Å². The van der Waals surface area contributed by atoms with Crippen LogP contribution >= 0.6 is 0 Å². The average Bonchev–Trinajstić information content (AvgIpc) is 2.49. The van der Waals surface area contributed by atoms with E-state index in [4.69, 9.17) is 0 Å². The van der Waals surface area contributed by atoms with E-state index in [0.29, 0.717) is 0 Å². The molecule has 0 atom stereocenters. The monoisotopic (exact) mass is 245 g/mol. The molecule has 19 heavy (non-hydrogen) atoms. The van der Waals surface area contributed by atoms with E-state index >= 15 is 0 Å². The molecule has 0 bridgehead atoms. The lowest BCUT2D eigenvalue weighted by molar-refractivity contribution is 1.33. The quantitative estimate of drug-likeness (QED) is 0.636. The van der Waals surface area contributed by atoms with Crippen LogP contribution in [0.1, 0.15) is 5.56 Å². The summed E-state index contributed by atoms with van der Waals surface area (Å²) in [4.78, 5) is 4.08. The molecule has 92 valence electrons. The van der Waals surface area contributed by atoms with Crippen LogP contribution in [0.15, 0.2) is 73.1 Å². The zero-order valence-electron chi connectivity index (χ0n) is 10.9. The number of pyridine rings is 1. The third-order valence-corrected chi connectivity index (χ3v) is 3.28. The Kier molecular flexibility index (Phi) is 3.11. The van der Waals surface area contributed by atoms with Gasteiger partial charge in [0.15, 0.2) is 0 Å². The van der Waals surface area contributed by atoms with E-state index in [0.717, 1.165) is 0 Å². The largest absolute Gasteiger partial charge is 0.265 e. The van der Waals surface area contributed by atoms with Crippen molar-refractivity contribution in [2.45, 2.75) is 6.92 Å². The Balaban J connectivity index is 2.15. The van der Waals surface area contributed by atoms with Gasteiger partial charge in [-0.15, -0.1) is 0 Å². The summed E-state index contributed by atoms with van der Waals surface area (Å²) in [6.07, 6.45) is 3.67. The second-order valence-corrected chi connectivity index (χ2v) is 4.65. The van der Waals surface area contributed by atoms with Crippen molar-refractivity contribution in [3.63, 3.8) is 0 Å². The lowest BCUT2D eigenvalue weighted by atomic mass is 9.95. The summed E-state index contributed by atoms with van der Waals surface area (Å²) in [5.74, 6) is 0. The van der Waals surface area contributed by atoms with Gasteiger partial charge in [0.1, 0.15) is 0 Å². The van der Waals surface area contributed by atoms with Crippen LogP contribution in [0, 0.1) is 6.92 Å². The molecule has 0 unspecified atom stereocenters. The summed E-state index contributed by atoms with van der Waals surface area (Å²) in [5, 5.41) is 0. The van der Waals surface area contributed by atoms with Crippen LogP contribution < -0.4 is 0 Å². The SMILES string of the molecule is Cc1ccc(-c2ccccc2-c2ccncc2)cc1. The molecule has 1 nitrogen and oxygen atoms in total. The Bertz CT molecular complexity index is 670. The molecule has 3 aromatic rings. The van der Waals surface area contributed by atoms with E-state index in [1.165, 1.54) is 27.8 Å². The number of hydrogen-bond acceptors (Lipinski definition) is 1. The summed E-state index contributed by atoms with van der Waals surface area (Å²) in [6, 6.07) is 21.2. The number of aromatic nitrogens is 1. The summed E-state index contributed by atoms with van der Waals surface area (Å²) in [5.41, 5.74) is 6.23. The summed E-state index contributed by atoms with van der Waals surface area (Å²) in [6.45, 7) is 2.11. The zero-order chi connectivity index (χ0) is 13.1. The molecule has 3 rings (SSSR count). The van der Waals surface area contributed by atoms with Gasteiger partial charge in [-0.25, -0.2) is 0 Å². The van der Waals surface area contributed by atoms with Crippen molar-refractivity contribution in [3.05, 3.63) is 78.6 Å². The molecule has 0 aliphatic carbocycles. The molecular weight excluding hydrogens is 230 g/mol. The van der Waals surface area contributed by atoms with Crippen molar-refractivity contribution in [2.24, 2.45) is 0 Å². The highest BCUT2D eigenvalue weighted by molar-refractivity contribution is 5.83. The number of benzene rings is 2. The number of aryl methyl sites for hydroxylation is 1. The van der Waals surface area contributed by atoms with Crippen molar-refractivity contribution in [3.8, 4) is 22.3 Å². The molecule has 0 fully saturated rings. The van der Waals surface area contributed by atoms with Crippen molar-refractivity contribution in [1.29, 1.82) is 0 Å². The summed E-state index contributed by atoms with van der Waals surface area (Å²) >= 11 is 0. The minimum absolute atomic E-state index is 1.20. The van der Waals surface area contributed by atoms with Crippen molar-refractivity contribution >= 4 is 0 Å². The second-order valence-electron chi connectivity index (χ2n) is 4.65. The molecule has 1 heteroatoms. The van der Waals surface area contributed by atoms with Gasteiger partial charge < -0.3 is 0 Å². The lowest BCUT2D eigenvalue weighted by Crippen LogP contribution is -1.85. The molecule has 0 aliphatic heterocycles. The van der Waals surface area contributed by atoms with Gasteiger partial charge >= 0.3 is 0 Å². The third-order valence-electron chi connectivity index (χ3n) is 3.28. The van der Waals surface area contributed by atoms with Gasteiger partial charge in [-0.3, -0.25) is 4.98 Å². The van der Waals surface area contributed by atoms with E-state index < -0.39 is 0 Å². The Morgan fingerprint density at radius 3 is 1.74 bits per heavy atom. The van der Waals surface area contributed by atoms with Gasteiger partial charge in [-0.05, 0) is 41.3 Å². The van der Waals surface area contributed by atoms with Crippen LogP contribution in [0.5, 0.6) is 0 Å². The summed E-state index contributed by atoms with van der Waals surface area (Å²) < 4.78 is 0. The molecule has 0 saturated heterocycles. The fraction of sp³-hybridized carbons (Fsp3) is 0.0556. The minimum atomic E-state index is 1.20. The van der Waals surface area contributed by atoms with Gasteiger partial charge in [-0.1, -0.05) is 54.1 Å². The maximum Gasteiger partial charge on any atom is 0.0273 e. The first-order valence-electron chi connectivity index (χ1n) is 6.41. The van der Waals surface area contributed by atoms with E-state index in [1.54, 1.807) is 0 Å². The van der Waals surface area contributed by atoms with Crippen LogP contribution in [0.3, 0.4) is 0 Å². The van der Waals surface area contributed by atoms with Crippen molar-refractivity contribution < 1.29 is 0 Å². The molecule has 2 aromatic carbocycles. The molecule has 0 saturated carbocycles. The van der Waals surface area contributed by atoms with Gasteiger partial charge in [0, 0.05) is 12.4 Å². The molecular formula is C18H15N. The predicted octanol–water partition coefficient (Wildman–Crippen LogP) is 4.72. The molecule has 1 aromatic heterocycles. The Morgan fingerprint density at radius 1 is 0.632 bits per heavy atom. The van der Waals surface area contributed by atoms with Gasteiger partial charge in [0.05, 0.1) is 0 Å². The maximum atomic E-state index is 4.08. The normalized spacial score (nSPS) is 10.4. The molecule has 0 N–H and O–H groups in total. The summed E-state index contributed by atoms with van der Waals surface area (Å²) in [7, 11) is 0. The Hall–Kier alpha value is -2.41. The van der Waals surface area contributed by atoms with Crippen molar-refractivity contribution in [1.82, 2.24) is 4.98 Å². The molecule has 0 radical (unpaired) electrons. The van der Waals surface area contributed by atoms with Crippen molar-refractivity contribution in [2.75, 3.05) is 0 Å². The van der Waals surface area contributed by atoms with Gasteiger partial charge in [-0.2, -0.15) is 0 Å². The fourth-order valence-corrected chi connectivity index (χ4v) is 2.25. The predicted molar refractivity (Wildman–Crippen MR) is 79.8 cm³/mol. The highest BCUT2D eigenvalue weighted by Crippen LogP contribution is 2.31. The molecule has 0 aliphatic rings. The fourth-order valence-electron chi connectivity index (χ4n) is 2.25. The lowest BCUT2D eigenvalue weighted by Gasteiger charge is -2.10. The second kappa shape index (κ2) is 5.07. The average molecular weight is 245 g/mol. The Morgan fingerprint density at radius 2 is 1.16 bits per heavy atom. The third kappa shape index (κ3) is 2.41. The van der Waals surface area contributed by atoms with E-state index in [2.05, 4.69) is 60.4 Å². The first-order chi connectivity index (χ1) is 9.34. The first kappa shape index (κ1) is 11.7. The highest BCUT2D eigenvalue weighted by Gasteiger charge is 2.06. The number of nitrogens with zero attached hydrogens (tertiary/aromatic N) is 1. The van der Waals surface area contributed by atoms with Crippen LogP contribution in [-0.4, -0.2) is 4.98 Å². The first-order valence-corrected chi connectivity index (χ1v) is 6.41. The van der Waals surface area contributed by atoms with E-state index in [9.17, 15) is 0 Å². The molecule has 1 heterocycles. The standard InChI is InChI=1S/C18H15N/c1-14-6-8-15(9-7-14)17-4-2-3-5-18(17)16-10-12-19-13-11-16/h2-13H,1H3. The Labute approximate surface area is 113 Å². The zero-order valence-corrected chi connectivity index (χ0v) is 10.9. The number of rotatable bonds is 2. The smallest absolute Gasteiger partial charge is 0.0273 e. The minimum Gasteiger partial charge on any atom is -0.265 e. The van der Waals surface area contributed by atoms with Crippen LogP contribution in [0.25, 0.3) is 22.3 Å². The molecule has 0 amide bonds. The van der Waals surface area contributed by atoms with Crippen LogP contribution in [0.2, 0.25) is 0 Å².